The number of nitrogens with one attached hydrogen (secondary N) is 3. The molecule has 0 bridgehead atoms. The highest BCUT2D eigenvalue weighted by molar-refractivity contribution is 6.04. The molecule has 2 heterocycles. The minimum Gasteiger partial charge on any atom is -0.491 e. The molecule has 0 spiro atoms. The number of aromatic amines is 1. The summed E-state index contributed by atoms with van der Waals surface area (Å²) in [7, 11) is 1.64. The largest absolute Gasteiger partial charge is 0.491 e. The van der Waals surface area contributed by atoms with E-state index in [2.05, 4.69) is 20.8 Å². The standard InChI is InChI=1S/C31H26N6O3/c1-39-14-15-40-25-11-13-28-26(18-25)30(33-24-10-12-27-22(17-24)19-32-37-27)36-29(35-28)21-8-5-9-23(16-21)34-31(38)20-6-3-2-4-7-20/h2-13,16-19H,14-15H2,1H3,(H,32,37)(H,34,38)(H,33,35,36). The van der Waals surface area contributed by atoms with Gasteiger partial charge in [-0.2, -0.15) is 5.10 Å². The van der Waals surface area contributed by atoms with Crippen molar-refractivity contribution < 1.29 is 14.3 Å². The van der Waals surface area contributed by atoms with Crippen LogP contribution in [0.3, 0.4) is 0 Å². The zero-order valence-corrected chi connectivity index (χ0v) is 21.7. The van der Waals surface area contributed by atoms with Crippen molar-refractivity contribution in [3.63, 3.8) is 0 Å². The summed E-state index contributed by atoms with van der Waals surface area (Å²) in [4.78, 5) is 22.5. The van der Waals surface area contributed by atoms with E-state index in [0.717, 1.165) is 33.1 Å². The predicted molar refractivity (Wildman–Crippen MR) is 156 cm³/mol. The molecule has 0 aliphatic heterocycles. The number of ether oxygens (including phenoxy) is 2. The third-order valence-corrected chi connectivity index (χ3v) is 6.34. The maximum Gasteiger partial charge on any atom is 0.255 e. The van der Waals surface area contributed by atoms with Crippen molar-refractivity contribution in [2.75, 3.05) is 31.0 Å². The molecular formula is C31H26N6O3. The number of H-pyrrole nitrogens is 1. The van der Waals surface area contributed by atoms with Crippen LogP contribution in [0.5, 0.6) is 5.75 Å². The third-order valence-electron chi connectivity index (χ3n) is 6.34. The summed E-state index contributed by atoms with van der Waals surface area (Å²) in [6, 6.07) is 28.2. The lowest BCUT2D eigenvalue weighted by Crippen LogP contribution is -2.11. The number of anilines is 3. The average Bonchev–Trinajstić information content (AvgIpc) is 3.46. The van der Waals surface area contributed by atoms with Gasteiger partial charge in [-0.05, 0) is 60.7 Å². The van der Waals surface area contributed by atoms with Crippen LogP contribution in [0.15, 0.2) is 97.2 Å². The Labute approximate surface area is 230 Å². The number of aromatic nitrogens is 4. The summed E-state index contributed by atoms with van der Waals surface area (Å²) in [5.41, 5.74) is 4.55. The van der Waals surface area contributed by atoms with Crippen molar-refractivity contribution in [2.45, 2.75) is 0 Å². The highest BCUT2D eigenvalue weighted by Crippen LogP contribution is 2.31. The van der Waals surface area contributed by atoms with Gasteiger partial charge in [-0.25, -0.2) is 9.97 Å². The number of hydrogen-bond donors (Lipinski definition) is 3. The van der Waals surface area contributed by atoms with Gasteiger partial charge in [0, 0.05) is 40.4 Å². The SMILES string of the molecule is COCCOc1ccc2nc(-c3cccc(NC(=O)c4ccccc4)c3)nc(Nc3ccc4[nH]ncc4c3)c2c1. The lowest BCUT2D eigenvalue weighted by atomic mass is 10.1. The van der Waals surface area contributed by atoms with Crippen LogP contribution < -0.4 is 15.4 Å². The van der Waals surface area contributed by atoms with Crippen LogP contribution in [0.1, 0.15) is 10.4 Å². The maximum absolute atomic E-state index is 12.7. The Hall–Kier alpha value is -5.28. The molecule has 0 radical (unpaired) electrons. The van der Waals surface area contributed by atoms with Gasteiger partial charge in [0.15, 0.2) is 5.82 Å². The normalized spacial score (nSPS) is 11.0. The molecule has 0 saturated carbocycles. The zero-order chi connectivity index (χ0) is 27.3. The van der Waals surface area contributed by atoms with Gasteiger partial charge in [0.25, 0.3) is 5.91 Å². The van der Waals surface area contributed by atoms with E-state index < -0.39 is 0 Å². The minimum absolute atomic E-state index is 0.185. The number of fused-ring (bicyclic) bond motifs is 2. The second-order valence-corrected chi connectivity index (χ2v) is 9.11. The summed E-state index contributed by atoms with van der Waals surface area (Å²) in [5, 5.41) is 15.3. The fraction of sp³-hybridized carbons (Fsp3) is 0.0968. The van der Waals surface area contributed by atoms with Gasteiger partial charge < -0.3 is 20.1 Å². The fourth-order valence-corrected chi connectivity index (χ4v) is 4.35. The molecule has 2 aromatic heterocycles. The van der Waals surface area contributed by atoms with Crippen LogP contribution >= 0.6 is 0 Å². The van der Waals surface area contributed by atoms with Crippen LogP contribution in [0.25, 0.3) is 33.2 Å². The fourth-order valence-electron chi connectivity index (χ4n) is 4.35. The van der Waals surface area contributed by atoms with Crippen LogP contribution in [-0.2, 0) is 4.74 Å². The molecule has 1 amide bonds. The van der Waals surface area contributed by atoms with Gasteiger partial charge in [-0.3, -0.25) is 9.89 Å². The van der Waals surface area contributed by atoms with Gasteiger partial charge in [0.05, 0.1) is 23.8 Å². The number of amides is 1. The molecule has 40 heavy (non-hydrogen) atoms. The number of carbonyl (C=O) groups excluding carboxylic acids is 1. The average molecular weight is 531 g/mol. The molecule has 0 unspecified atom stereocenters. The molecule has 0 saturated heterocycles. The number of hydrogen-bond acceptors (Lipinski definition) is 7. The quantitative estimate of drug-likeness (QED) is 0.191. The number of benzene rings is 4. The van der Waals surface area contributed by atoms with Crippen LogP contribution in [0, 0.1) is 0 Å². The maximum atomic E-state index is 12.7. The summed E-state index contributed by atoms with van der Waals surface area (Å²) >= 11 is 0. The first-order chi connectivity index (χ1) is 19.7. The molecule has 9 heteroatoms. The predicted octanol–water partition coefficient (Wildman–Crippen LogP) is 6.19. The highest BCUT2D eigenvalue weighted by Gasteiger charge is 2.13. The van der Waals surface area contributed by atoms with Gasteiger partial charge in [0.2, 0.25) is 0 Å². The molecule has 6 rings (SSSR count). The van der Waals surface area contributed by atoms with Crippen molar-refractivity contribution >= 4 is 44.9 Å². The van der Waals surface area contributed by atoms with Crippen LogP contribution in [0.4, 0.5) is 17.2 Å². The molecular weight excluding hydrogens is 504 g/mol. The minimum atomic E-state index is -0.185. The summed E-state index contributed by atoms with van der Waals surface area (Å²) < 4.78 is 11.0. The second-order valence-electron chi connectivity index (χ2n) is 9.11. The van der Waals surface area contributed by atoms with E-state index in [-0.39, 0.29) is 5.91 Å². The first-order valence-corrected chi connectivity index (χ1v) is 12.8. The van der Waals surface area contributed by atoms with E-state index in [9.17, 15) is 4.79 Å². The van der Waals surface area contributed by atoms with Gasteiger partial charge in [0.1, 0.15) is 18.2 Å². The Bertz CT molecular complexity index is 1800. The number of carbonyl (C=O) groups is 1. The van der Waals surface area contributed by atoms with Crippen molar-refractivity contribution in [1.29, 1.82) is 0 Å². The Morgan fingerprint density at radius 3 is 2.65 bits per heavy atom. The van der Waals surface area contributed by atoms with E-state index in [1.165, 1.54) is 0 Å². The van der Waals surface area contributed by atoms with E-state index in [1.807, 2.05) is 78.9 Å². The topological polar surface area (TPSA) is 114 Å². The van der Waals surface area contributed by atoms with Gasteiger partial charge in [-0.15, -0.1) is 0 Å². The monoisotopic (exact) mass is 530 g/mol. The zero-order valence-electron chi connectivity index (χ0n) is 21.7. The van der Waals surface area contributed by atoms with Crippen LogP contribution in [0.2, 0.25) is 0 Å². The molecule has 0 aliphatic rings. The Kier molecular flexibility index (Phi) is 7.02. The number of methoxy groups -OCH3 is 1. The Morgan fingerprint density at radius 2 is 1.77 bits per heavy atom. The van der Waals surface area contributed by atoms with Crippen molar-refractivity contribution in [3.05, 3.63) is 103 Å². The summed E-state index contributed by atoms with van der Waals surface area (Å²) in [5.74, 6) is 1.65. The first-order valence-electron chi connectivity index (χ1n) is 12.8. The third kappa shape index (κ3) is 5.45. The highest BCUT2D eigenvalue weighted by atomic mass is 16.5. The molecule has 198 valence electrons. The Balaban J connectivity index is 1.37. The molecule has 3 N–H and O–H groups in total. The first kappa shape index (κ1) is 25.0. The van der Waals surface area contributed by atoms with E-state index in [1.54, 1.807) is 25.4 Å². The van der Waals surface area contributed by atoms with Gasteiger partial charge in [-0.1, -0.05) is 30.3 Å². The molecule has 0 fully saturated rings. The Morgan fingerprint density at radius 1 is 0.875 bits per heavy atom. The van der Waals surface area contributed by atoms with Crippen molar-refractivity contribution in [2.24, 2.45) is 0 Å². The molecule has 9 nitrogen and oxygen atoms in total. The van der Waals surface area contributed by atoms with E-state index >= 15 is 0 Å². The van der Waals surface area contributed by atoms with E-state index in [0.29, 0.717) is 41.9 Å². The van der Waals surface area contributed by atoms with Gasteiger partial charge >= 0.3 is 0 Å². The van der Waals surface area contributed by atoms with E-state index in [4.69, 9.17) is 19.4 Å². The number of nitrogens with zero attached hydrogens (tertiary/aromatic N) is 3. The molecule has 0 atom stereocenters. The summed E-state index contributed by atoms with van der Waals surface area (Å²) in [6.45, 7) is 0.919. The number of rotatable bonds is 9. The lowest BCUT2D eigenvalue weighted by Gasteiger charge is -2.13. The smallest absolute Gasteiger partial charge is 0.255 e. The second kappa shape index (κ2) is 11.2. The summed E-state index contributed by atoms with van der Waals surface area (Å²) in [6.07, 6.45) is 1.78. The molecule has 0 aliphatic carbocycles. The molecule has 4 aromatic carbocycles. The van der Waals surface area contributed by atoms with Crippen molar-refractivity contribution in [3.8, 4) is 17.1 Å². The lowest BCUT2D eigenvalue weighted by molar-refractivity contribution is 0.102. The van der Waals surface area contributed by atoms with Crippen LogP contribution in [-0.4, -0.2) is 46.4 Å². The molecule has 6 aromatic rings. The van der Waals surface area contributed by atoms with Crippen molar-refractivity contribution in [1.82, 2.24) is 20.2 Å².